The smallest absolute Gasteiger partial charge is 0.262 e. The molecule has 0 atom stereocenters. The largest absolute Gasteiger partial charge is 0.353 e. The van der Waals surface area contributed by atoms with Gasteiger partial charge in [0.2, 0.25) is 5.91 Å². The molecule has 0 bridgehead atoms. The fourth-order valence-corrected chi connectivity index (χ4v) is 3.08. The minimum Gasteiger partial charge on any atom is -0.353 e. The summed E-state index contributed by atoms with van der Waals surface area (Å²) in [5.74, 6) is -1.24. The Bertz CT molecular complexity index is 916. The third-order valence-corrected chi connectivity index (χ3v) is 4.75. The second-order valence-corrected chi connectivity index (χ2v) is 7.12. The van der Waals surface area contributed by atoms with Gasteiger partial charge in [0.05, 0.1) is 11.1 Å². The van der Waals surface area contributed by atoms with Crippen molar-refractivity contribution in [2.45, 2.75) is 19.8 Å². The van der Waals surface area contributed by atoms with E-state index in [0.29, 0.717) is 22.6 Å². The molecule has 29 heavy (non-hydrogen) atoms. The van der Waals surface area contributed by atoms with E-state index < -0.39 is 17.7 Å². The molecule has 0 fully saturated rings. The van der Waals surface area contributed by atoms with Crippen LogP contribution in [0.15, 0.2) is 48.5 Å². The van der Waals surface area contributed by atoms with Crippen LogP contribution >= 0.6 is 0 Å². The number of benzene rings is 2. The van der Waals surface area contributed by atoms with E-state index in [2.05, 4.69) is 24.5 Å². The zero-order valence-electron chi connectivity index (χ0n) is 16.4. The summed E-state index contributed by atoms with van der Waals surface area (Å²) < 4.78 is 0. The van der Waals surface area contributed by atoms with Crippen molar-refractivity contribution in [2.24, 2.45) is 0 Å². The minimum absolute atomic E-state index is 0.192. The number of amides is 4. The molecule has 2 aromatic rings. The first kappa shape index (κ1) is 20.3. The van der Waals surface area contributed by atoms with E-state index in [-0.39, 0.29) is 25.5 Å². The van der Waals surface area contributed by atoms with Crippen molar-refractivity contribution in [3.05, 3.63) is 70.8 Å². The molecule has 1 aliphatic heterocycles. The van der Waals surface area contributed by atoms with Crippen LogP contribution in [0.5, 0.6) is 0 Å². The number of fused-ring (bicyclic) bond motifs is 1. The molecule has 150 valence electrons. The molecule has 1 aliphatic rings. The van der Waals surface area contributed by atoms with Crippen molar-refractivity contribution in [3.8, 4) is 0 Å². The van der Waals surface area contributed by atoms with Crippen molar-refractivity contribution < 1.29 is 19.2 Å². The first-order valence-corrected chi connectivity index (χ1v) is 9.48. The Kier molecular flexibility index (Phi) is 6.07. The zero-order valence-corrected chi connectivity index (χ0v) is 16.4. The van der Waals surface area contributed by atoms with E-state index in [9.17, 15) is 19.2 Å². The first-order chi connectivity index (χ1) is 13.9. The second kappa shape index (κ2) is 8.68. The highest BCUT2D eigenvalue weighted by Crippen LogP contribution is 2.21. The maximum Gasteiger partial charge on any atom is 0.262 e. The van der Waals surface area contributed by atoms with Gasteiger partial charge in [-0.1, -0.05) is 38.1 Å². The predicted octanol–water partition coefficient (Wildman–Crippen LogP) is 1.95. The molecule has 3 rings (SSSR count). The molecule has 0 spiro atoms. The summed E-state index contributed by atoms with van der Waals surface area (Å²) in [6.45, 7) is 4.24. The Morgan fingerprint density at radius 1 is 0.862 bits per heavy atom. The fraction of sp³-hybridized carbons (Fsp3) is 0.273. The molecule has 0 saturated heterocycles. The Morgan fingerprint density at radius 2 is 1.41 bits per heavy atom. The summed E-state index contributed by atoms with van der Waals surface area (Å²) in [6, 6.07) is 13.9. The van der Waals surface area contributed by atoms with Gasteiger partial charge in [0.25, 0.3) is 17.7 Å². The monoisotopic (exact) mass is 393 g/mol. The van der Waals surface area contributed by atoms with E-state index >= 15 is 0 Å². The van der Waals surface area contributed by atoms with Crippen molar-refractivity contribution >= 4 is 23.6 Å². The van der Waals surface area contributed by atoms with Gasteiger partial charge in [-0.25, -0.2) is 0 Å². The van der Waals surface area contributed by atoms with Crippen LogP contribution < -0.4 is 10.6 Å². The lowest BCUT2D eigenvalue weighted by atomic mass is 10.0. The van der Waals surface area contributed by atoms with E-state index in [4.69, 9.17) is 0 Å². The van der Waals surface area contributed by atoms with E-state index in [1.54, 1.807) is 36.4 Å². The highest BCUT2D eigenvalue weighted by molar-refractivity contribution is 6.22. The third kappa shape index (κ3) is 4.51. The number of nitrogens with zero attached hydrogens (tertiary/aromatic N) is 1. The van der Waals surface area contributed by atoms with Crippen LogP contribution in [0.4, 0.5) is 0 Å². The van der Waals surface area contributed by atoms with Crippen LogP contribution in [0, 0.1) is 0 Å². The Morgan fingerprint density at radius 3 is 1.97 bits per heavy atom. The van der Waals surface area contributed by atoms with Crippen molar-refractivity contribution in [3.63, 3.8) is 0 Å². The van der Waals surface area contributed by atoms with Crippen molar-refractivity contribution in [2.75, 3.05) is 19.6 Å². The Labute approximate surface area is 169 Å². The molecular formula is C22H23N3O4. The van der Waals surface area contributed by atoms with Crippen LogP contribution in [-0.2, 0) is 4.79 Å². The van der Waals surface area contributed by atoms with Gasteiger partial charge < -0.3 is 10.6 Å². The van der Waals surface area contributed by atoms with Crippen LogP contribution in [0.1, 0.15) is 56.4 Å². The second-order valence-electron chi connectivity index (χ2n) is 7.12. The normalized spacial score (nSPS) is 12.9. The predicted molar refractivity (Wildman–Crippen MR) is 108 cm³/mol. The van der Waals surface area contributed by atoms with Crippen molar-refractivity contribution in [1.29, 1.82) is 0 Å². The molecule has 0 aromatic heterocycles. The van der Waals surface area contributed by atoms with Crippen LogP contribution in [-0.4, -0.2) is 48.2 Å². The van der Waals surface area contributed by atoms with Crippen LogP contribution in [0.2, 0.25) is 0 Å². The summed E-state index contributed by atoms with van der Waals surface area (Å²) in [7, 11) is 0. The molecular weight excluding hydrogens is 370 g/mol. The van der Waals surface area contributed by atoms with Crippen LogP contribution in [0.3, 0.4) is 0 Å². The molecule has 2 aromatic carbocycles. The molecule has 0 aliphatic carbocycles. The number of imide groups is 1. The van der Waals surface area contributed by atoms with Gasteiger partial charge in [-0.15, -0.1) is 0 Å². The number of hydrogen-bond donors (Lipinski definition) is 2. The van der Waals surface area contributed by atoms with Gasteiger partial charge >= 0.3 is 0 Å². The van der Waals surface area contributed by atoms with Gasteiger partial charge in [-0.2, -0.15) is 0 Å². The zero-order chi connectivity index (χ0) is 21.0. The lowest BCUT2D eigenvalue weighted by Gasteiger charge is -2.14. The van der Waals surface area contributed by atoms with Gasteiger partial charge in [0, 0.05) is 18.7 Å². The maximum absolute atomic E-state index is 12.3. The average Bonchev–Trinajstić information content (AvgIpc) is 2.96. The molecule has 4 amide bonds. The van der Waals surface area contributed by atoms with Crippen molar-refractivity contribution in [1.82, 2.24) is 15.5 Å². The fourth-order valence-electron chi connectivity index (χ4n) is 3.08. The van der Waals surface area contributed by atoms with Gasteiger partial charge in [0.15, 0.2) is 0 Å². The Hall–Kier alpha value is -3.48. The quantitative estimate of drug-likeness (QED) is 0.555. The number of carbonyl (C=O) groups excluding carboxylic acids is 4. The SMILES string of the molecule is CC(C)c1ccc(C(=O)NCCNC(=O)CN2C(=O)c3ccccc3C2=O)cc1. The molecule has 0 unspecified atom stereocenters. The maximum atomic E-state index is 12.3. The lowest BCUT2D eigenvalue weighted by molar-refractivity contribution is -0.121. The first-order valence-electron chi connectivity index (χ1n) is 9.48. The minimum atomic E-state index is -0.473. The summed E-state index contributed by atoms with van der Waals surface area (Å²) >= 11 is 0. The summed E-state index contributed by atoms with van der Waals surface area (Å²) in [4.78, 5) is 49.7. The number of carbonyl (C=O) groups is 4. The lowest BCUT2D eigenvalue weighted by Crippen LogP contribution is -2.42. The van der Waals surface area contributed by atoms with Crippen LogP contribution in [0.25, 0.3) is 0 Å². The highest BCUT2D eigenvalue weighted by atomic mass is 16.2. The number of nitrogens with one attached hydrogen (secondary N) is 2. The van der Waals surface area contributed by atoms with E-state index in [1.165, 1.54) is 0 Å². The van der Waals surface area contributed by atoms with E-state index in [1.807, 2.05) is 12.1 Å². The number of hydrogen-bond acceptors (Lipinski definition) is 4. The van der Waals surface area contributed by atoms with Gasteiger partial charge in [0.1, 0.15) is 6.54 Å². The molecule has 0 saturated carbocycles. The molecule has 7 heteroatoms. The van der Waals surface area contributed by atoms with Gasteiger partial charge in [-0.3, -0.25) is 24.1 Å². The average molecular weight is 393 g/mol. The van der Waals surface area contributed by atoms with Gasteiger partial charge in [-0.05, 0) is 35.7 Å². The number of rotatable bonds is 7. The summed E-state index contributed by atoms with van der Waals surface area (Å²) in [6.07, 6.45) is 0. The standard InChI is InChI=1S/C22H23N3O4/c1-14(2)15-7-9-16(10-8-15)20(27)24-12-11-23-19(26)13-25-21(28)17-5-3-4-6-18(17)22(25)29/h3-10,14H,11-13H2,1-2H3,(H,23,26)(H,24,27). The molecule has 0 radical (unpaired) electrons. The summed E-state index contributed by atoms with van der Waals surface area (Å²) in [5, 5.41) is 5.34. The molecule has 1 heterocycles. The summed E-state index contributed by atoms with van der Waals surface area (Å²) in [5.41, 5.74) is 2.32. The third-order valence-electron chi connectivity index (χ3n) is 4.75. The topological polar surface area (TPSA) is 95.6 Å². The highest BCUT2D eigenvalue weighted by Gasteiger charge is 2.36. The molecule has 7 nitrogen and oxygen atoms in total. The molecule has 2 N–H and O–H groups in total. The van der Waals surface area contributed by atoms with E-state index in [0.717, 1.165) is 10.5 Å². The Balaban J connectivity index is 1.43.